The van der Waals surface area contributed by atoms with Crippen LogP contribution < -0.4 is 4.74 Å². The van der Waals surface area contributed by atoms with Crippen molar-refractivity contribution in [3.05, 3.63) is 198 Å². The normalized spacial score (nSPS) is 13.0. The second-order valence-corrected chi connectivity index (χ2v) is 12.8. The van der Waals surface area contributed by atoms with Crippen LogP contribution in [0.15, 0.2) is 180 Å². The third-order valence-electron chi connectivity index (χ3n) is 9.87. The van der Waals surface area contributed by atoms with E-state index in [1.54, 1.807) is 0 Å². The molecule has 0 amide bonds. The Bertz CT molecular complexity index is 2680. The van der Waals surface area contributed by atoms with Crippen molar-refractivity contribution in [3.63, 3.8) is 0 Å². The van der Waals surface area contributed by atoms with Crippen LogP contribution in [0.5, 0.6) is 11.5 Å². The molecule has 0 atom stereocenters. The van der Waals surface area contributed by atoms with E-state index in [-0.39, 0.29) is 0 Å². The van der Waals surface area contributed by atoms with E-state index in [1.807, 2.05) is 72.8 Å². The van der Waals surface area contributed by atoms with Crippen molar-refractivity contribution in [2.75, 3.05) is 0 Å². The summed E-state index contributed by atoms with van der Waals surface area (Å²) in [6.07, 6.45) is 0. The first-order valence-corrected chi connectivity index (χ1v) is 17.0. The monoisotopic (exact) mass is 655 g/mol. The van der Waals surface area contributed by atoms with Crippen molar-refractivity contribution in [3.8, 4) is 45.7 Å². The number of furan rings is 1. The molecule has 10 rings (SSSR count). The van der Waals surface area contributed by atoms with Gasteiger partial charge < -0.3 is 9.15 Å². The molecule has 0 N–H and O–H groups in total. The van der Waals surface area contributed by atoms with Crippen LogP contribution in [0.1, 0.15) is 22.3 Å². The highest BCUT2D eigenvalue weighted by Crippen LogP contribution is 2.55. The molecule has 9 aromatic rings. The van der Waals surface area contributed by atoms with E-state index in [0.29, 0.717) is 17.5 Å². The van der Waals surface area contributed by atoms with Crippen molar-refractivity contribution < 1.29 is 9.15 Å². The summed E-state index contributed by atoms with van der Waals surface area (Å²) in [5.41, 5.74) is 7.98. The molecule has 1 aliphatic heterocycles. The van der Waals surface area contributed by atoms with E-state index in [0.717, 1.165) is 72.4 Å². The molecule has 0 bridgehead atoms. The summed E-state index contributed by atoms with van der Waals surface area (Å²) in [5, 5.41) is 2.14. The van der Waals surface area contributed by atoms with Crippen LogP contribution in [0.3, 0.4) is 0 Å². The third kappa shape index (κ3) is 4.67. The van der Waals surface area contributed by atoms with Crippen molar-refractivity contribution in [2.45, 2.75) is 5.41 Å². The van der Waals surface area contributed by atoms with Crippen LogP contribution in [0.4, 0.5) is 0 Å². The predicted molar refractivity (Wildman–Crippen MR) is 202 cm³/mol. The highest BCUT2D eigenvalue weighted by molar-refractivity contribution is 6.05. The Morgan fingerprint density at radius 2 is 0.902 bits per heavy atom. The quantitative estimate of drug-likeness (QED) is 0.185. The molecule has 1 aliphatic rings. The van der Waals surface area contributed by atoms with Crippen LogP contribution >= 0.6 is 0 Å². The Balaban J connectivity index is 1.21. The molecule has 2 aromatic heterocycles. The Hall–Kier alpha value is -6.85. The maximum Gasteiger partial charge on any atom is 0.164 e. The van der Waals surface area contributed by atoms with Gasteiger partial charge in [-0.2, -0.15) is 0 Å². The fraction of sp³-hybridized carbons (Fsp3) is 0.0217. The summed E-state index contributed by atoms with van der Waals surface area (Å²) >= 11 is 0. The number of hydrogen-bond donors (Lipinski definition) is 0. The van der Waals surface area contributed by atoms with Crippen molar-refractivity contribution in [1.29, 1.82) is 0 Å². The van der Waals surface area contributed by atoms with Gasteiger partial charge in [0.2, 0.25) is 0 Å². The molecule has 3 heterocycles. The van der Waals surface area contributed by atoms with Crippen LogP contribution in [0, 0.1) is 0 Å². The maximum atomic E-state index is 6.65. The molecular weight excluding hydrogens is 627 g/mol. The molecule has 7 aromatic carbocycles. The number of fused-ring (bicyclic) bond motifs is 5. The van der Waals surface area contributed by atoms with Gasteiger partial charge in [0.15, 0.2) is 17.5 Å². The SMILES string of the molecule is c1ccc(-c2nc(-c3ccc4c(c3)C(c3ccccc3)(c3ccccc3)c3ccccc3O4)nc(-c3ccc4c(c3)oc3ccccc34)n2)cc1. The Kier molecular flexibility index (Phi) is 6.64. The lowest BCUT2D eigenvalue weighted by atomic mass is 9.63. The van der Waals surface area contributed by atoms with Gasteiger partial charge in [0.25, 0.3) is 0 Å². The molecule has 0 saturated heterocycles. The average Bonchev–Trinajstić information content (AvgIpc) is 3.58. The van der Waals surface area contributed by atoms with Crippen molar-refractivity contribution in [1.82, 2.24) is 15.0 Å². The first-order chi connectivity index (χ1) is 25.3. The van der Waals surface area contributed by atoms with Gasteiger partial charge >= 0.3 is 0 Å². The van der Waals surface area contributed by atoms with E-state index >= 15 is 0 Å². The molecule has 240 valence electrons. The zero-order chi connectivity index (χ0) is 33.8. The number of benzene rings is 7. The first-order valence-electron chi connectivity index (χ1n) is 17.0. The van der Waals surface area contributed by atoms with E-state index in [2.05, 4.69) is 103 Å². The molecule has 0 unspecified atom stereocenters. The highest BCUT2D eigenvalue weighted by Gasteiger charge is 2.45. The smallest absolute Gasteiger partial charge is 0.164 e. The third-order valence-corrected chi connectivity index (χ3v) is 9.87. The number of nitrogens with zero attached hydrogens (tertiary/aromatic N) is 3. The minimum atomic E-state index is -0.660. The number of aromatic nitrogens is 3. The Morgan fingerprint density at radius 3 is 1.63 bits per heavy atom. The van der Waals surface area contributed by atoms with Gasteiger partial charge in [0.05, 0.1) is 5.41 Å². The van der Waals surface area contributed by atoms with Crippen LogP contribution in [0.2, 0.25) is 0 Å². The minimum Gasteiger partial charge on any atom is -0.457 e. The summed E-state index contributed by atoms with van der Waals surface area (Å²) in [6, 6.07) is 60.3. The van der Waals surface area contributed by atoms with Crippen molar-refractivity contribution >= 4 is 21.9 Å². The van der Waals surface area contributed by atoms with E-state index in [1.165, 1.54) is 0 Å². The van der Waals surface area contributed by atoms with E-state index < -0.39 is 5.41 Å². The molecule has 5 nitrogen and oxygen atoms in total. The van der Waals surface area contributed by atoms with Crippen LogP contribution in [-0.2, 0) is 5.41 Å². The lowest BCUT2D eigenvalue weighted by molar-refractivity contribution is 0.434. The van der Waals surface area contributed by atoms with Gasteiger partial charge in [0.1, 0.15) is 22.7 Å². The van der Waals surface area contributed by atoms with Gasteiger partial charge in [-0.05, 0) is 53.6 Å². The molecule has 0 radical (unpaired) electrons. The summed E-state index contributed by atoms with van der Waals surface area (Å²) in [7, 11) is 0. The van der Waals surface area contributed by atoms with Gasteiger partial charge in [0, 0.05) is 38.6 Å². The second-order valence-electron chi connectivity index (χ2n) is 12.8. The summed E-state index contributed by atoms with van der Waals surface area (Å²) in [6.45, 7) is 0. The maximum absolute atomic E-state index is 6.65. The van der Waals surface area contributed by atoms with E-state index in [9.17, 15) is 0 Å². The van der Waals surface area contributed by atoms with Gasteiger partial charge in [-0.25, -0.2) is 15.0 Å². The van der Waals surface area contributed by atoms with Gasteiger partial charge in [-0.1, -0.05) is 133 Å². The first kappa shape index (κ1) is 29.1. The van der Waals surface area contributed by atoms with Crippen LogP contribution in [0.25, 0.3) is 56.1 Å². The fourth-order valence-electron chi connectivity index (χ4n) is 7.56. The molecule has 51 heavy (non-hydrogen) atoms. The fourth-order valence-corrected chi connectivity index (χ4v) is 7.56. The van der Waals surface area contributed by atoms with Crippen LogP contribution in [-0.4, -0.2) is 15.0 Å². The topological polar surface area (TPSA) is 61.0 Å². The lowest BCUT2D eigenvalue weighted by Gasteiger charge is -2.41. The average molecular weight is 656 g/mol. The molecule has 0 spiro atoms. The zero-order valence-electron chi connectivity index (χ0n) is 27.4. The largest absolute Gasteiger partial charge is 0.457 e. The summed E-state index contributed by atoms with van der Waals surface area (Å²) < 4.78 is 12.9. The zero-order valence-corrected chi connectivity index (χ0v) is 27.4. The second kappa shape index (κ2) is 11.6. The summed E-state index contributed by atoms with van der Waals surface area (Å²) in [5.74, 6) is 3.36. The van der Waals surface area contributed by atoms with Gasteiger partial charge in [-0.3, -0.25) is 0 Å². The molecule has 0 saturated carbocycles. The molecule has 0 fully saturated rings. The number of rotatable bonds is 5. The predicted octanol–water partition coefficient (Wildman–Crippen LogP) is 11.3. The number of hydrogen-bond acceptors (Lipinski definition) is 5. The highest BCUT2D eigenvalue weighted by atomic mass is 16.5. The minimum absolute atomic E-state index is 0.568. The van der Waals surface area contributed by atoms with Crippen molar-refractivity contribution in [2.24, 2.45) is 0 Å². The standard InChI is InChI=1S/C46H29N3O2/c1-4-14-30(15-5-1)43-47-44(49-45(48-43)32-24-26-36-35-20-10-12-22-39(35)50-42(36)29-32)31-25-27-41-38(28-31)46(33-16-6-2-7-17-33,34-18-8-3-9-19-34)37-21-11-13-23-40(37)51-41/h1-29H. The Labute approximate surface area is 294 Å². The summed E-state index contributed by atoms with van der Waals surface area (Å²) in [4.78, 5) is 15.3. The lowest BCUT2D eigenvalue weighted by Crippen LogP contribution is -2.34. The Morgan fingerprint density at radius 1 is 0.373 bits per heavy atom. The molecular formula is C46H29N3O2. The molecule has 5 heteroatoms. The van der Waals surface area contributed by atoms with Gasteiger partial charge in [-0.15, -0.1) is 0 Å². The molecule has 0 aliphatic carbocycles. The van der Waals surface area contributed by atoms with E-state index in [4.69, 9.17) is 24.1 Å². The number of para-hydroxylation sites is 2. The number of ether oxygens (including phenoxy) is 1.